The molecule has 1 aromatic carbocycles. The maximum Gasteiger partial charge on any atom is 0.0843 e. The van der Waals surface area contributed by atoms with Gasteiger partial charge >= 0.3 is 0 Å². The lowest BCUT2D eigenvalue weighted by Crippen LogP contribution is -2.49. The van der Waals surface area contributed by atoms with Crippen LogP contribution in [0.1, 0.15) is 43.5 Å². The molecule has 0 N–H and O–H groups in total. The Morgan fingerprint density at radius 3 is 2.48 bits per heavy atom. The number of hydrogen-bond acceptors (Lipinski definition) is 3. The van der Waals surface area contributed by atoms with Crippen LogP contribution in [0.2, 0.25) is 0 Å². The van der Waals surface area contributed by atoms with Crippen molar-refractivity contribution >= 4 is 15.9 Å². The van der Waals surface area contributed by atoms with E-state index >= 15 is 0 Å². The van der Waals surface area contributed by atoms with E-state index in [1.165, 1.54) is 24.2 Å². The molecule has 0 aromatic heterocycles. The van der Waals surface area contributed by atoms with Crippen molar-refractivity contribution in [3.05, 3.63) is 33.8 Å². The van der Waals surface area contributed by atoms with E-state index in [0.29, 0.717) is 12.1 Å². The summed E-state index contributed by atoms with van der Waals surface area (Å²) in [6, 6.07) is 7.85. The Morgan fingerprint density at radius 1 is 1.14 bits per heavy atom. The van der Waals surface area contributed by atoms with Gasteiger partial charge in [-0.15, -0.1) is 0 Å². The highest BCUT2D eigenvalue weighted by Gasteiger charge is 2.36. The second-order valence-corrected chi connectivity index (χ2v) is 7.33. The average Bonchev–Trinajstić information content (AvgIpc) is 2.85. The summed E-state index contributed by atoms with van der Waals surface area (Å²) in [5.41, 5.74) is 2.83. The van der Waals surface area contributed by atoms with Gasteiger partial charge in [0.2, 0.25) is 0 Å². The number of piperazine rings is 1. The van der Waals surface area contributed by atoms with Crippen molar-refractivity contribution < 1.29 is 4.74 Å². The van der Waals surface area contributed by atoms with Crippen LogP contribution in [-0.4, -0.2) is 49.1 Å². The average molecular weight is 353 g/mol. The lowest BCUT2D eigenvalue weighted by Gasteiger charge is -2.40. The van der Waals surface area contributed by atoms with Crippen molar-refractivity contribution in [2.24, 2.45) is 0 Å². The van der Waals surface area contributed by atoms with Crippen molar-refractivity contribution in [2.75, 3.05) is 33.3 Å². The molecular formula is C17H25BrN2O. The SMILES string of the molecule is COC1CC(N2CCN(C(C)C)CC2)c2ccc(Br)cc21. The highest BCUT2D eigenvalue weighted by atomic mass is 79.9. The summed E-state index contributed by atoms with van der Waals surface area (Å²) in [6.07, 6.45) is 1.33. The molecule has 0 radical (unpaired) electrons. The van der Waals surface area contributed by atoms with Gasteiger partial charge in [0, 0.05) is 49.8 Å². The Morgan fingerprint density at radius 2 is 1.86 bits per heavy atom. The summed E-state index contributed by atoms with van der Waals surface area (Å²) in [6.45, 7) is 9.26. The quantitative estimate of drug-likeness (QED) is 0.826. The van der Waals surface area contributed by atoms with Gasteiger partial charge in [-0.1, -0.05) is 22.0 Å². The summed E-state index contributed by atoms with van der Waals surface area (Å²) in [5.74, 6) is 0. The monoisotopic (exact) mass is 352 g/mol. The first-order valence-corrected chi connectivity index (χ1v) is 8.69. The maximum absolute atomic E-state index is 5.72. The van der Waals surface area contributed by atoms with Gasteiger partial charge in [0.25, 0.3) is 0 Å². The zero-order chi connectivity index (χ0) is 15.0. The van der Waals surface area contributed by atoms with Gasteiger partial charge in [-0.2, -0.15) is 0 Å². The molecule has 0 bridgehead atoms. The number of halogens is 1. The summed E-state index contributed by atoms with van der Waals surface area (Å²) in [4.78, 5) is 5.21. The summed E-state index contributed by atoms with van der Waals surface area (Å²) < 4.78 is 6.86. The van der Waals surface area contributed by atoms with Gasteiger partial charge in [0.05, 0.1) is 6.10 Å². The molecule has 0 saturated carbocycles. The fourth-order valence-corrected chi connectivity index (χ4v) is 4.10. The lowest BCUT2D eigenvalue weighted by atomic mass is 10.1. The van der Waals surface area contributed by atoms with Gasteiger partial charge in [-0.05, 0) is 43.5 Å². The highest BCUT2D eigenvalue weighted by molar-refractivity contribution is 9.10. The second-order valence-electron chi connectivity index (χ2n) is 6.41. The van der Waals surface area contributed by atoms with Crippen molar-refractivity contribution in [2.45, 2.75) is 38.5 Å². The Kier molecular flexibility index (Phi) is 4.69. The van der Waals surface area contributed by atoms with E-state index in [9.17, 15) is 0 Å². The van der Waals surface area contributed by atoms with Crippen LogP contribution in [-0.2, 0) is 4.74 Å². The van der Waals surface area contributed by atoms with Crippen LogP contribution in [0.25, 0.3) is 0 Å². The van der Waals surface area contributed by atoms with Gasteiger partial charge in [-0.3, -0.25) is 9.80 Å². The van der Waals surface area contributed by atoms with Crippen molar-refractivity contribution in [1.82, 2.24) is 9.80 Å². The summed E-state index contributed by atoms with van der Waals surface area (Å²) in [7, 11) is 1.83. The maximum atomic E-state index is 5.72. The van der Waals surface area contributed by atoms with E-state index in [4.69, 9.17) is 4.74 Å². The predicted molar refractivity (Wildman–Crippen MR) is 89.5 cm³/mol. The molecular weight excluding hydrogens is 328 g/mol. The molecule has 0 spiro atoms. The van der Waals surface area contributed by atoms with E-state index in [2.05, 4.69) is 57.8 Å². The fourth-order valence-electron chi connectivity index (χ4n) is 3.72. The molecule has 1 heterocycles. The molecule has 1 aromatic rings. The fraction of sp³-hybridized carbons (Fsp3) is 0.647. The number of ether oxygens (including phenoxy) is 1. The van der Waals surface area contributed by atoms with Crippen LogP contribution in [0.4, 0.5) is 0 Å². The summed E-state index contributed by atoms with van der Waals surface area (Å²) in [5, 5.41) is 0. The molecule has 3 nitrogen and oxygen atoms in total. The number of hydrogen-bond donors (Lipinski definition) is 0. The number of fused-ring (bicyclic) bond motifs is 1. The molecule has 3 rings (SSSR count). The minimum Gasteiger partial charge on any atom is -0.377 e. The van der Waals surface area contributed by atoms with Crippen molar-refractivity contribution in [3.8, 4) is 0 Å². The molecule has 0 amide bonds. The number of benzene rings is 1. The minimum atomic E-state index is 0.241. The Bertz CT molecular complexity index is 498. The van der Waals surface area contributed by atoms with Crippen LogP contribution in [0, 0.1) is 0 Å². The smallest absolute Gasteiger partial charge is 0.0843 e. The molecule has 1 saturated heterocycles. The van der Waals surface area contributed by atoms with Crippen LogP contribution in [0.15, 0.2) is 22.7 Å². The first-order chi connectivity index (χ1) is 10.1. The van der Waals surface area contributed by atoms with Crippen LogP contribution in [0.3, 0.4) is 0 Å². The third-order valence-electron chi connectivity index (χ3n) is 5.00. The first-order valence-electron chi connectivity index (χ1n) is 7.90. The van der Waals surface area contributed by atoms with E-state index in [1.807, 2.05) is 7.11 Å². The van der Waals surface area contributed by atoms with Crippen LogP contribution in [0.5, 0.6) is 0 Å². The lowest BCUT2D eigenvalue weighted by molar-refractivity contribution is 0.0477. The minimum absolute atomic E-state index is 0.241. The highest BCUT2D eigenvalue weighted by Crippen LogP contribution is 2.44. The normalized spacial score (nSPS) is 27.3. The molecule has 2 atom stereocenters. The van der Waals surface area contributed by atoms with Crippen molar-refractivity contribution in [3.63, 3.8) is 0 Å². The van der Waals surface area contributed by atoms with Gasteiger partial charge in [0.15, 0.2) is 0 Å². The second kappa shape index (κ2) is 6.37. The van der Waals surface area contributed by atoms with E-state index in [1.54, 1.807) is 0 Å². The molecule has 4 heteroatoms. The van der Waals surface area contributed by atoms with Gasteiger partial charge in [0.1, 0.15) is 0 Å². The number of rotatable bonds is 3. The third kappa shape index (κ3) is 3.04. The molecule has 116 valence electrons. The first kappa shape index (κ1) is 15.5. The van der Waals surface area contributed by atoms with Crippen molar-refractivity contribution in [1.29, 1.82) is 0 Å². The molecule has 2 unspecified atom stereocenters. The Hall–Kier alpha value is -0.420. The number of methoxy groups -OCH3 is 1. The van der Waals surface area contributed by atoms with Gasteiger partial charge < -0.3 is 4.74 Å². The van der Waals surface area contributed by atoms with Crippen LogP contribution < -0.4 is 0 Å². The molecule has 2 aliphatic rings. The molecule has 1 fully saturated rings. The zero-order valence-electron chi connectivity index (χ0n) is 13.2. The Balaban J connectivity index is 1.76. The molecule has 1 aliphatic carbocycles. The van der Waals surface area contributed by atoms with Gasteiger partial charge in [-0.25, -0.2) is 0 Å². The Labute approximate surface area is 136 Å². The largest absolute Gasteiger partial charge is 0.377 e. The van der Waals surface area contributed by atoms with E-state index in [-0.39, 0.29) is 6.10 Å². The third-order valence-corrected chi connectivity index (χ3v) is 5.49. The standard InChI is InChI=1S/C17H25BrN2O/c1-12(2)19-6-8-20(9-7-19)16-11-17(21-3)15-10-13(18)4-5-14(15)16/h4-5,10,12,16-17H,6-9,11H2,1-3H3. The topological polar surface area (TPSA) is 15.7 Å². The predicted octanol–water partition coefficient (Wildman–Crippen LogP) is 3.61. The van der Waals surface area contributed by atoms with E-state index in [0.717, 1.165) is 24.0 Å². The van der Waals surface area contributed by atoms with E-state index < -0.39 is 0 Å². The zero-order valence-corrected chi connectivity index (χ0v) is 14.8. The molecule has 21 heavy (non-hydrogen) atoms. The number of nitrogens with zero attached hydrogens (tertiary/aromatic N) is 2. The summed E-state index contributed by atoms with van der Waals surface area (Å²) >= 11 is 3.59. The van der Waals surface area contributed by atoms with Crippen LogP contribution >= 0.6 is 15.9 Å². The molecule has 1 aliphatic heterocycles.